The summed E-state index contributed by atoms with van der Waals surface area (Å²) in [7, 11) is 1.70. The van der Waals surface area contributed by atoms with Crippen LogP contribution in [0.4, 0.5) is 0 Å². The van der Waals surface area contributed by atoms with Crippen molar-refractivity contribution in [1.82, 2.24) is 5.32 Å². The van der Waals surface area contributed by atoms with Crippen molar-refractivity contribution in [3.63, 3.8) is 0 Å². The molecule has 1 saturated heterocycles. The second kappa shape index (κ2) is 4.21. The Morgan fingerprint density at radius 2 is 2.13 bits per heavy atom. The second-order valence-electron chi connectivity index (χ2n) is 3.86. The fourth-order valence-electron chi connectivity index (χ4n) is 1.99. The molecule has 1 N–H and O–H groups in total. The Hall–Kier alpha value is -1.06. The molecule has 15 heavy (non-hydrogen) atoms. The van der Waals surface area contributed by atoms with Crippen molar-refractivity contribution in [2.24, 2.45) is 0 Å². The van der Waals surface area contributed by atoms with Gasteiger partial charge in [-0.25, -0.2) is 0 Å². The van der Waals surface area contributed by atoms with Gasteiger partial charge in [0.25, 0.3) is 0 Å². The Morgan fingerprint density at radius 3 is 2.73 bits per heavy atom. The van der Waals surface area contributed by atoms with Crippen LogP contribution in [0.15, 0.2) is 12.1 Å². The maximum atomic E-state index is 5.60. The van der Waals surface area contributed by atoms with Crippen LogP contribution in [0.5, 0.6) is 5.75 Å². The molecule has 0 saturated carbocycles. The molecule has 1 aromatic rings. The summed E-state index contributed by atoms with van der Waals surface area (Å²) in [6.07, 6.45) is 0.189. The molecule has 3 heteroatoms. The van der Waals surface area contributed by atoms with Crippen LogP contribution in [0.25, 0.3) is 0 Å². The summed E-state index contributed by atoms with van der Waals surface area (Å²) in [5.41, 5.74) is 3.73. The van der Waals surface area contributed by atoms with Crippen molar-refractivity contribution < 1.29 is 9.47 Å². The van der Waals surface area contributed by atoms with Crippen LogP contribution in [0.3, 0.4) is 0 Å². The van der Waals surface area contributed by atoms with Crippen molar-refractivity contribution in [2.45, 2.75) is 20.0 Å². The molecule has 1 aliphatic rings. The highest BCUT2D eigenvalue weighted by atomic mass is 16.5. The summed E-state index contributed by atoms with van der Waals surface area (Å²) in [6.45, 7) is 5.75. The Morgan fingerprint density at radius 1 is 1.33 bits per heavy atom. The smallest absolute Gasteiger partial charge is 0.122 e. The molecular formula is C12H17NO2. The predicted molar refractivity (Wildman–Crippen MR) is 59.2 cm³/mol. The number of hydrogen-bond donors (Lipinski definition) is 1. The van der Waals surface area contributed by atoms with E-state index in [2.05, 4.69) is 25.2 Å². The average Bonchev–Trinajstić information content (AvgIpc) is 2.75. The lowest BCUT2D eigenvalue weighted by Gasteiger charge is -2.16. The first-order chi connectivity index (χ1) is 7.24. The van der Waals surface area contributed by atoms with E-state index in [0.717, 1.165) is 12.3 Å². The van der Waals surface area contributed by atoms with Crippen LogP contribution in [-0.2, 0) is 4.74 Å². The number of ether oxygens (including phenoxy) is 2. The molecule has 1 heterocycles. The molecule has 82 valence electrons. The number of benzene rings is 1. The summed E-state index contributed by atoms with van der Waals surface area (Å²) >= 11 is 0. The highest BCUT2D eigenvalue weighted by molar-refractivity contribution is 5.44. The first-order valence-electron chi connectivity index (χ1n) is 5.20. The number of nitrogens with one attached hydrogen (secondary N) is 1. The molecule has 0 bridgehead atoms. The predicted octanol–water partition coefficient (Wildman–Crippen LogP) is 1.93. The summed E-state index contributed by atoms with van der Waals surface area (Å²) in [6, 6.07) is 4.11. The minimum Gasteiger partial charge on any atom is -0.496 e. The monoisotopic (exact) mass is 207 g/mol. The second-order valence-corrected chi connectivity index (χ2v) is 3.86. The van der Waals surface area contributed by atoms with Gasteiger partial charge in [0.05, 0.1) is 19.9 Å². The van der Waals surface area contributed by atoms with Crippen LogP contribution in [0.1, 0.15) is 22.8 Å². The zero-order valence-electron chi connectivity index (χ0n) is 9.46. The molecule has 3 nitrogen and oxygen atoms in total. The first-order valence-corrected chi connectivity index (χ1v) is 5.20. The topological polar surface area (TPSA) is 30.5 Å². The lowest BCUT2D eigenvalue weighted by atomic mass is 9.98. The maximum Gasteiger partial charge on any atom is 0.122 e. The van der Waals surface area contributed by atoms with Gasteiger partial charge in [-0.3, -0.25) is 5.32 Å². The summed E-state index contributed by atoms with van der Waals surface area (Å²) < 4.78 is 10.9. The minimum absolute atomic E-state index is 0.189. The number of hydrogen-bond acceptors (Lipinski definition) is 3. The van der Waals surface area contributed by atoms with Crippen LogP contribution in [0.2, 0.25) is 0 Å². The van der Waals surface area contributed by atoms with E-state index >= 15 is 0 Å². The number of rotatable bonds is 2. The first kappa shape index (κ1) is 10.5. The average molecular weight is 207 g/mol. The third-order valence-corrected chi connectivity index (χ3v) is 3.06. The highest BCUT2D eigenvalue weighted by Gasteiger charge is 2.20. The van der Waals surface area contributed by atoms with Gasteiger partial charge in [0.15, 0.2) is 0 Å². The molecule has 0 amide bonds. The van der Waals surface area contributed by atoms with Crippen LogP contribution in [-0.4, -0.2) is 20.4 Å². The Kier molecular flexibility index (Phi) is 2.93. The van der Waals surface area contributed by atoms with Crippen molar-refractivity contribution in [3.05, 3.63) is 28.8 Å². The SMILES string of the molecule is COc1ccc(C2CNCO2)c(C)c1C. The number of methoxy groups -OCH3 is 1. The van der Waals surface area contributed by atoms with E-state index in [1.165, 1.54) is 16.7 Å². The zero-order chi connectivity index (χ0) is 10.8. The van der Waals surface area contributed by atoms with Gasteiger partial charge >= 0.3 is 0 Å². The minimum atomic E-state index is 0.189. The van der Waals surface area contributed by atoms with Gasteiger partial charge in [-0.15, -0.1) is 0 Å². The van der Waals surface area contributed by atoms with Gasteiger partial charge < -0.3 is 9.47 Å². The van der Waals surface area contributed by atoms with Crippen molar-refractivity contribution >= 4 is 0 Å². The summed E-state index contributed by atoms with van der Waals surface area (Å²) in [5.74, 6) is 0.946. The molecule has 0 spiro atoms. The molecule has 1 aromatic carbocycles. The van der Waals surface area contributed by atoms with Gasteiger partial charge in [0.1, 0.15) is 5.75 Å². The Bertz CT molecular complexity index is 357. The van der Waals surface area contributed by atoms with Gasteiger partial charge in [-0.1, -0.05) is 6.07 Å². The standard InChI is InChI=1S/C12H17NO2/c1-8-9(2)11(14-3)5-4-10(8)12-6-13-7-15-12/h4-5,12-13H,6-7H2,1-3H3. The van der Waals surface area contributed by atoms with E-state index in [4.69, 9.17) is 9.47 Å². The van der Waals surface area contributed by atoms with E-state index in [-0.39, 0.29) is 6.10 Å². The summed E-state index contributed by atoms with van der Waals surface area (Å²) in [5, 5.41) is 3.19. The highest BCUT2D eigenvalue weighted by Crippen LogP contribution is 2.30. The van der Waals surface area contributed by atoms with Crippen LogP contribution >= 0.6 is 0 Å². The molecule has 0 aliphatic carbocycles. The van der Waals surface area contributed by atoms with Crippen molar-refractivity contribution in [1.29, 1.82) is 0 Å². The molecule has 1 aliphatic heterocycles. The van der Waals surface area contributed by atoms with E-state index < -0.39 is 0 Å². The van der Waals surface area contributed by atoms with Gasteiger partial charge in [-0.2, -0.15) is 0 Å². The molecule has 1 unspecified atom stereocenters. The van der Waals surface area contributed by atoms with Crippen LogP contribution in [0, 0.1) is 13.8 Å². The largest absolute Gasteiger partial charge is 0.496 e. The molecule has 2 rings (SSSR count). The van der Waals surface area contributed by atoms with Gasteiger partial charge in [0.2, 0.25) is 0 Å². The fourth-order valence-corrected chi connectivity index (χ4v) is 1.99. The van der Waals surface area contributed by atoms with E-state index in [9.17, 15) is 0 Å². The quantitative estimate of drug-likeness (QED) is 0.803. The Balaban J connectivity index is 2.36. The lowest BCUT2D eigenvalue weighted by Crippen LogP contribution is -2.09. The van der Waals surface area contributed by atoms with E-state index in [1.807, 2.05) is 6.07 Å². The van der Waals surface area contributed by atoms with E-state index in [1.54, 1.807) is 7.11 Å². The lowest BCUT2D eigenvalue weighted by molar-refractivity contribution is 0.113. The molecule has 1 fully saturated rings. The van der Waals surface area contributed by atoms with Crippen LogP contribution < -0.4 is 10.1 Å². The van der Waals surface area contributed by atoms with E-state index in [0.29, 0.717) is 6.73 Å². The molecule has 1 atom stereocenters. The third kappa shape index (κ3) is 1.85. The zero-order valence-corrected chi connectivity index (χ0v) is 9.46. The third-order valence-electron chi connectivity index (χ3n) is 3.06. The Labute approximate surface area is 90.4 Å². The fraction of sp³-hybridized carbons (Fsp3) is 0.500. The molecular weight excluding hydrogens is 190 g/mol. The van der Waals surface area contributed by atoms with Gasteiger partial charge in [-0.05, 0) is 36.6 Å². The normalized spacial score (nSPS) is 20.6. The van der Waals surface area contributed by atoms with Crippen molar-refractivity contribution in [2.75, 3.05) is 20.4 Å². The van der Waals surface area contributed by atoms with Gasteiger partial charge in [0, 0.05) is 6.54 Å². The maximum absolute atomic E-state index is 5.60. The molecule has 0 radical (unpaired) electrons. The van der Waals surface area contributed by atoms with Crippen molar-refractivity contribution in [3.8, 4) is 5.75 Å². The molecule has 0 aromatic heterocycles. The summed E-state index contributed by atoms with van der Waals surface area (Å²) in [4.78, 5) is 0.